The molecule has 0 bridgehead atoms. The molecule has 1 aliphatic heterocycles. The molecule has 0 saturated carbocycles. The van der Waals surface area contributed by atoms with Gasteiger partial charge in [0.25, 0.3) is 10.0 Å². The van der Waals surface area contributed by atoms with E-state index >= 15 is 0 Å². The van der Waals surface area contributed by atoms with E-state index in [1.54, 1.807) is 41.3 Å². The van der Waals surface area contributed by atoms with Crippen molar-refractivity contribution in [1.29, 1.82) is 0 Å². The van der Waals surface area contributed by atoms with Gasteiger partial charge in [-0.2, -0.15) is 0 Å². The monoisotopic (exact) mass is 346 g/mol. The van der Waals surface area contributed by atoms with Crippen molar-refractivity contribution in [1.82, 2.24) is 0 Å². The smallest absolute Gasteiger partial charge is 0.261 e. The van der Waals surface area contributed by atoms with Gasteiger partial charge in [0.2, 0.25) is 5.91 Å². The van der Waals surface area contributed by atoms with Crippen LogP contribution in [0, 0.1) is 6.92 Å². The molecule has 0 aliphatic carbocycles. The SMILES string of the molecule is CC(=O)N1CCOc2cc(NS(=O)(=O)c3cccc(C)c3)ccc21. The molecule has 126 valence electrons. The molecule has 7 heteroatoms. The van der Waals surface area contributed by atoms with Gasteiger partial charge in [-0.05, 0) is 36.8 Å². The van der Waals surface area contributed by atoms with E-state index in [-0.39, 0.29) is 10.8 Å². The van der Waals surface area contributed by atoms with Crippen LogP contribution >= 0.6 is 0 Å². The van der Waals surface area contributed by atoms with Crippen molar-refractivity contribution >= 4 is 27.3 Å². The molecule has 1 amide bonds. The lowest BCUT2D eigenvalue weighted by atomic mass is 10.2. The number of carbonyl (C=O) groups is 1. The maximum absolute atomic E-state index is 12.5. The quantitative estimate of drug-likeness (QED) is 0.927. The van der Waals surface area contributed by atoms with E-state index < -0.39 is 10.0 Å². The van der Waals surface area contributed by atoms with Gasteiger partial charge in [0.1, 0.15) is 12.4 Å². The molecule has 0 spiro atoms. The molecule has 2 aromatic carbocycles. The van der Waals surface area contributed by atoms with Crippen LogP contribution in [0.25, 0.3) is 0 Å². The first kappa shape index (κ1) is 16.3. The largest absolute Gasteiger partial charge is 0.489 e. The van der Waals surface area contributed by atoms with Crippen LogP contribution < -0.4 is 14.4 Å². The zero-order chi connectivity index (χ0) is 17.3. The number of sulfonamides is 1. The number of ether oxygens (including phenoxy) is 1. The molecule has 1 aliphatic rings. The summed E-state index contributed by atoms with van der Waals surface area (Å²) < 4.78 is 33.1. The molecule has 2 aromatic rings. The van der Waals surface area contributed by atoms with Gasteiger partial charge >= 0.3 is 0 Å². The fourth-order valence-electron chi connectivity index (χ4n) is 2.61. The third kappa shape index (κ3) is 3.21. The van der Waals surface area contributed by atoms with Crippen molar-refractivity contribution < 1.29 is 17.9 Å². The molecule has 1 N–H and O–H groups in total. The van der Waals surface area contributed by atoms with Gasteiger partial charge in [-0.25, -0.2) is 8.42 Å². The zero-order valence-corrected chi connectivity index (χ0v) is 14.3. The van der Waals surface area contributed by atoms with Crippen LogP contribution in [0.1, 0.15) is 12.5 Å². The van der Waals surface area contributed by atoms with Gasteiger partial charge in [-0.3, -0.25) is 9.52 Å². The van der Waals surface area contributed by atoms with Crippen molar-refractivity contribution in [3.05, 3.63) is 48.0 Å². The topological polar surface area (TPSA) is 75.7 Å². The molecule has 1 heterocycles. The molecule has 0 saturated heterocycles. The summed E-state index contributed by atoms with van der Waals surface area (Å²) in [6.07, 6.45) is 0. The Morgan fingerprint density at radius 3 is 2.71 bits per heavy atom. The van der Waals surface area contributed by atoms with Crippen LogP contribution in [0.15, 0.2) is 47.4 Å². The van der Waals surface area contributed by atoms with E-state index in [0.29, 0.717) is 30.3 Å². The summed E-state index contributed by atoms with van der Waals surface area (Å²) in [6, 6.07) is 11.6. The minimum absolute atomic E-state index is 0.0763. The summed E-state index contributed by atoms with van der Waals surface area (Å²) in [5.41, 5.74) is 1.90. The van der Waals surface area contributed by atoms with E-state index in [4.69, 9.17) is 4.74 Å². The first-order chi connectivity index (χ1) is 11.4. The standard InChI is InChI=1S/C17H18N2O4S/c1-12-4-3-5-15(10-12)24(21,22)18-14-6-7-16-17(11-14)23-9-8-19(16)13(2)20/h3-7,10-11,18H,8-9H2,1-2H3. The number of aryl methyl sites for hydroxylation is 1. The van der Waals surface area contributed by atoms with Crippen LogP contribution in [0.3, 0.4) is 0 Å². The maximum Gasteiger partial charge on any atom is 0.261 e. The van der Waals surface area contributed by atoms with Gasteiger partial charge in [-0.15, -0.1) is 0 Å². The number of amides is 1. The lowest BCUT2D eigenvalue weighted by Gasteiger charge is -2.29. The minimum atomic E-state index is -3.68. The van der Waals surface area contributed by atoms with Gasteiger partial charge in [0, 0.05) is 13.0 Å². The molecular weight excluding hydrogens is 328 g/mol. The third-order valence-electron chi connectivity index (χ3n) is 3.76. The van der Waals surface area contributed by atoms with Gasteiger partial charge in [0.05, 0.1) is 22.8 Å². The molecule has 0 atom stereocenters. The number of nitrogens with zero attached hydrogens (tertiary/aromatic N) is 1. The lowest BCUT2D eigenvalue weighted by molar-refractivity contribution is -0.116. The predicted octanol–water partition coefficient (Wildman–Crippen LogP) is 2.54. The highest BCUT2D eigenvalue weighted by Gasteiger charge is 2.22. The molecule has 3 rings (SSSR count). The van der Waals surface area contributed by atoms with Crippen molar-refractivity contribution in [3.8, 4) is 5.75 Å². The number of rotatable bonds is 3. The highest BCUT2D eigenvalue weighted by molar-refractivity contribution is 7.92. The number of nitrogens with one attached hydrogen (secondary N) is 1. The van der Waals surface area contributed by atoms with Crippen molar-refractivity contribution in [2.24, 2.45) is 0 Å². The summed E-state index contributed by atoms with van der Waals surface area (Å²) in [6.45, 7) is 4.18. The van der Waals surface area contributed by atoms with Crippen molar-refractivity contribution in [2.75, 3.05) is 22.8 Å². The van der Waals surface area contributed by atoms with E-state index in [0.717, 1.165) is 5.56 Å². The molecule has 0 fully saturated rings. The summed E-state index contributed by atoms with van der Waals surface area (Å²) in [4.78, 5) is 13.5. The second kappa shape index (κ2) is 6.16. The Hall–Kier alpha value is -2.54. The fraction of sp³-hybridized carbons (Fsp3) is 0.235. The Morgan fingerprint density at radius 1 is 1.21 bits per heavy atom. The van der Waals surface area contributed by atoms with Crippen molar-refractivity contribution in [2.45, 2.75) is 18.7 Å². The normalized spacial score (nSPS) is 13.8. The molecule has 0 aromatic heterocycles. The minimum Gasteiger partial charge on any atom is -0.489 e. The van der Waals surface area contributed by atoms with Gasteiger partial charge < -0.3 is 9.64 Å². The molecule has 0 unspecified atom stereocenters. The van der Waals surface area contributed by atoms with Gasteiger partial charge in [0.15, 0.2) is 0 Å². The van der Waals surface area contributed by atoms with Crippen molar-refractivity contribution in [3.63, 3.8) is 0 Å². The third-order valence-corrected chi connectivity index (χ3v) is 5.13. The first-order valence-corrected chi connectivity index (χ1v) is 8.99. The predicted molar refractivity (Wildman–Crippen MR) is 92.0 cm³/mol. The van der Waals surface area contributed by atoms with Crippen LogP contribution in [-0.4, -0.2) is 27.5 Å². The summed E-state index contributed by atoms with van der Waals surface area (Å²) in [5, 5.41) is 0. The summed E-state index contributed by atoms with van der Waals surface area (Å²) >= 11 is 0. The number of carbonyl (C=O) groups excluding carboxylic acids is 1. The summed E-state index contributed by atoms with van der Waals surface area (Å²) in [5.74, 6) is 0.411. The zero-order valence-electron chi connectivity index (χ0n) is 13.4. The molecule has 24 heavy (non-hydrogen) atoms. The molecule has 0 radical (unpaired) electrons. The number of hydrogen-bond acceptors (Lipinski definition) is 4. The average molecular weight is 346 g/mol. The Balaban J connectivity index is 1.90. The highest BCUT2D eigenvalue weighted by atomic mass is 32.2. The average Bonchev–Trinajstić information content (AvgIpc) is 2.53. The first-order valence-electron chi connectivity index (χ1n) is 7.51. The van der Waals surface area contributed by atoms with E-state index in [1.807, 2.05) is 13.0 Å². The van der Waals surface area contributed by atoms with Gasteiger partial charge in [-0.1, -0.05) is 12.1 Å². The fourth-order valence-corrected chi connectivity index (χ4v) is 3.76. The van der Waals surface area contributed by atoms with Crippen LogP contribution in [-0.2, 0) is 14.8 Å². The second-order valence-corrected chi connectivity index (χ2v) is 7.31. The second-order valence-electron chi connectivity index (χ2n) is 5.62. The number of benzene rings is 2. The number of fused-ring (bicyclic) bond motifs is 1. The van der Waals surface area contributed by atoms with Crippen LogP contribution in [0.4, 0.5) is 11.4 Å². The Kier molecular flexibility index (Phi) is 4.19. The lowest BCUT2D eigenvalue weighted by Crippen LogP contribution is -2.36. The Bertz CT molecular complexity index is 893. The van der Waals surface area contributed by atoms with E-state index in [2.05, 4.69) is 4.72 Å². The highest BCUT2D eigenvalue weighted by Crippen LogP contribution is 2.34. The Labute approximate surface area is 141 Å². The number of hydrogen-bond donors (Lipinski definition) is 1. The molecule has 6 nitrogen and oxygen atoms in total. The van der Waals surface area contributed by atoms with Crippen LogP contribution in [0.5, 0.6) is 5.75 Å². The molecular formula is C17H18N2O4S. The van der Waals surface area contributed by atoms with Crippen LogP contribution in [0.2, 0.25) is 0 Å². The van der Waals surface area contributed by atoms with E-state index in [9.17, 15) is 13.2 Å². The van der Waals surface area contributed by atoms with E-state index in [1.165, 1.54) is 6.92 Å². The maximum atomic E-state index is 12.5. The Morgan fingerprint density at radius 2 is 2.00 bits per heavy atom. The number of anilines is 2. The summed E-state index contributed by atoms with van der Waals surface area (Å²) in [7, 11) is -3.68.